The Kier molecular flexibility index (Phi) is 5.93. The molecule has 3 rings (SSSR count). The van der Waals surface area contributed by atoms with E-state index < -0.39 is 0 Å². The standard InChI is InChI=1S/C19H28N2O2S/c1-2-20-18(22)14-9-11-21(12-10-14)19(23)17-13-15-7-5-3-4-6-8-16(15)24-17/h13-14H,2-12H2,1H3,(H,20,22). The number of fused-ring (bicyclic) bond motifs is 1. The van der Waals surface area contributed by atoms with Crippen LogP contribution in [-0.2, 0) is 17.6 Å². The lowest BCUT2D eigenvalue weighted by atomic mass is 9.95. The number of carbonyl (C=O) groups is 2. The summed E-state index contributed by atoms with van der Waals surface area (Å²) < 4.78 is 0. The molecular weight excluding hydrogens is 320 g/mol. The van der Waals surface area contributed by atoms with Crippen LogP contribution in [0.3, 0.4) is 0 Å². The van der Waals surface area contributed by atoms with Gasteiger partial charge in [-0.05, 0) is 57.1 Å². The van der Waals surface area contributed by atoms with Gasteiger partial charge >= 0.3 is 0 Å². The minimum absolute atomic E-state index is 0.0672. The molecule has 0 unspecified atom stereocenters. The van der Waals surface area contributed by atoms with E-state index in [1.54, 1.807) is 11.3 Å². The zero-order valence-electron chi connectivity index (χ0n) is 14.6. The van der Waals surface area contributed by atoms with Gasteiger partial charge in [0.2, 0.25) is 5.91 Å². The van der Waals surface area contributed by atoms with Gasteiger partial charge in [-0.1, -0.05) is 12.8 Å². The Morgan fingerprint density at radius 2 is 1.88 bits per heavy atom. The Labute approximate surface area is 148 Å². The van der Waals surface area contributed by atoms with Crippen LogP contribution in [-0.4, -0.2) is 36.3 Å². The van der Waals surface area contributed by atoms with Crippen LogP contribution in [0.15, 0.2) is 6.07 Å². The number of carbonyl (C=O) groups excluding carboxylic acids is 2. The fourth-order valence-corrected chi connectivity index (χ4v) is 4.99. The number of hydrogen-bond acceptors (Lipinski definition) is 3. The Morgan fingerprint density at radius 3 is 2.58 bits per heavy atom. The Bertz CT molecular complexity index is 563. The third-order valence-electron chi connectivity index (χ3n) is 5.21. The molecule has 0 radical (unpaired) electrons. The van der Waals surface area contributed by atoms with Crippen LogP contribution in [0.2, 0.25) is 0 Å². The predicted molar refractivity (Wildman–Crippen MR) is 97.5 cm³/mol. The van der Waals surface area contributed by atoms with Crippen LogP contribution in [0.5, 0.6) is 0 Å². The lowest BCUT2D eigenvalue weighted by molar-refractivity contribution is -0.126. The summed E-state index contributed by atoms with van der Waals surface area (Å²) in [4.78, 5) is 29.0. The minimum atomic E-state index is 0.0672. The number of amides is 2. The summed E-state index contributed by atoms with van der Waals surface area (Å²) in [6.45, 7) is 4.02. The second-order valence-electron chi connectivity index (χ2n) is 6.93. The molecule has 1 aliphatic carbocycles. The lowest BCUT2D eigenvalue weighted by Crippen LogP contribution is -2.42. The monoisotopic (exact) mass is 348 g/mol. The van der Waals surface area contributed by atoms with Crippen LogP contribution in [0, 0.1) is 5.92 Å². The fourth-order valence-electron chi connectivity index (χ4n) is 3.77. The van der Waals surface area contributed by atoms with Gasteiger partial charge in [0, 0.05) is 30.4 Å². The highest BCUT2D eigenvalue weighted by atomic mass is 32.1. The van der Waals surface area contributed by atoms with Crippen LogP contribution < -0.4 is 5.32 Å². The van der Waals surface area contributed by atoms with Crippen molar-refractivity contribution in [1.29, 1.82) is 0 Å². The van der Waals surface area contributed by atoms with Crippen molar-refractivity contribution in [3.8, 4) is 0 Å². The molecule has 0 saturated carbocycles. The zero-order chi connectivity index (χ0) is 16.9. The van der Waals surface area contributed by atoms with E-state index in [9.17, 15) is 9.59 Å². The van der Waals surface area contributed by atoms with E-state index in [0.29, 0.717) is 19.6 Å². The first kappa shape index (κ1) is 17.5. The molecule has 1 aromatic heterocycles. The molecule has 1 aromatic rings. The highest BCUT2D eigenvalue weighted by Crippen LogP contribution is 2.30. The van der Waals surface area contributed by atoms with Crippen LogP contribution >= 0.6 is 11.3 Å². The average Bonchev–Trinajstić information content (AvgIpc) is 2.96. The van der Waals surface area contributed by atoms with Crippen LogP contribution in [0.25, 0.3) is 0 Å². The third-order valence-corrected chi connectivity index (χ3v) is 6.44. The molecule has 132 valence electrons. The number of likely N-dealkylation sites (tertiary alicyclic amines) is 1. The number of aryl methyl sites for hydroxylation is 2. The summed E-state index contributed by atoms with van der Waals surface area (Å²) in [5, 5.41) is 2.90. The van der Waals surface area contributed by atoms with Gasteiger partial charge in [0.25, 0.3) is 5.91 Å². The summed E-state index contributed by atoms with van der Waals surface area (Å²) in [6.07, 6.45) is 8.94. The quantitative estimate of drug-likeness (QED) is 0.910. The molecule has 2 aliphatic rings. The summed E-state index contributed by atoms with van der Waals surface area (Å²) in [5.41, 5.74) is 1.40. The van der Waals surface area contributed by atoms with E-state index in [1.807, 2.05) is 11.8 Å². The van der Waals surface area contributed by atoms with Crippen LogP contribution in [0.4, 0.5) is 0 Å². The second-order valence-corrected chi connectivity index (χ2v) is 8.07. The first-order chi connectivity index (χ1) is 11.7. The molecule has 0 aromatic carbocycles. The van der Waals surface area contributed by atoms with Gasteiger partial charge in [-0.25, -0.2) is 0 Å². The van der Waals surface area contributed by atoms with E-state index in [4.69, 9.17) is 0 Å². The molecule has 0 atom stereocenters. The Morgan fingerprint density at radius 1 is 1.17 bits per heavy atom. The topological polar surface area (TPSA) is 49.4 Å². The molecule has 1 N–H and O–H groups in total. The van der Waals surface area contributed by atoms with Crippen molar-refractivity contribution >= 4 is 23.2 Å². The van der Waals surface area contributed by atoms with E-state index in [2.05, 4.69) is 11.4 Å². The summed E-state index contributed by atoms with van der Waals surface area (Å²) in [5.74, 6) is 0.377. The first-order valence-electron chi connectivity index (χ1n) is 9.37. The first-order valence-corrected chi connectivity index (χ1v) is 10.2. The Balaban J connectivity index is 1.61. The average molecular weight is 349 g/mol. The number of rotatable bonds is 3. The molecule has 2 heterocycles. The number of piperidine rings is 1. The zero-order valence-corrected chi connectivity index (χ0v) is 15.4. The third kappa shape index (κ3) is 4.00. The highest BCUT2D eigenvalue weighted by Gasteiger charge is 2.28. The second kappa shape index (κ2) is 8.15. The number of nitrogens with one attached hydrogen (secondary N) is 1. The van der Waals surface area contributed by atoms with Crippen molar-refractivity contribution in [2.45, 2.75) is 58.3 Å². The SMILES string of the molecule is CCNC(=O)C1CCN(C(=O)c2cc3c(s2)CCCCCC3)CC1. The maximum Gasteiger partial charge on any atom is 0.263 e. The van der Waals surface area contributed by atoms with Gasteiger partial charge in [-0.2, -0.15) is 0 Å². The number of thiophene rings is 1. The minimum Gasteiger partial charge on any atom is -0.356 e. The summed E-state index contributed by atoms with van der Waals surface area (Å²) in [6, 6.07) is 2.14. The largest absolute Gasteiger partial charge is 0.356 e. The molecule has 1 aliphatic heterocycles. The predicted octanol–water partition coefficient (Wildman–Crippen LogP) is 3.40. The van der Waals surface area contributed by atoms with Crippen molar-refractivity contribution in [2.75, 3.05) is 19.6 Å². The molecular formula is C19H28N2O2S. The van der Waals surface area contributed by atoms with Gasteiger partial charge in [0.15, 0.2) is 0 Å². The van der Waals surface area contributed by atoms with Gasteiger partial charge in [-0.3, -0.25) is 9.59 Å². The molecule has 24 heavy (non-hydrogen) atoms. The summed E-state index contributed by atoms with van der Waals surface area (Å²) in [7, 11) is 0. The van der Waals surface area contributed by atoms with Crippen molar-refractivity contribution in [3.05, 3.63) is 21.4 Å². The maximum atomic E-state index is 12.8. The summed E-state index contributed by atoms with van der Waals surface area (Å²) >= 11 is 1.70. The van der Waals surface area contributed by atoms with E-state index in [1.165, 1.54) is 36.1 Å². The highest BCUT2D eigenvalue weighted by molar-refractivity contribution is 7.14. The Hall–Kier alpha value is -1.36. The molecule has 2 amide bonds. The fraction of sp³-hybridized carbons (Fsp3) is 0.684. The van der Waals surface area contributed by atoms with Gasteiger partial charge in [-0.15, -0.1) is 11.3 Å². The molecule has 1 fully saturated rings. The molecule has 0 spiro atoms. The normalized spacial score (nSPS) is 19.3. The number of nitrogens with zero attached hydrogens (tertiary/aromatic N) is 1. The van der Waals surface area contributed by atoms with Crippen molar-refractivity contribution < 1.29 is 9.59 Å². The maximum absolute atomic E-state index is 12.8. The van der Waals surface area contributed by atoms with E-state index >= 15 is 0 Å². The van der Waals surface area contributed by atoms with Crippen LogP contribution in [0.1, 0.15) is 65.6 Å². The van der Waals surface area contributed by atoms with Gasteiger partial charge in [0.1, 0.15) is 0 Å². The van der Waals surface area contributed by atoms with Crippen molar-refractivity contribution in [3.63, 3.8) is 0 Å². The van der Waals surface area contributed by atoms with Crippen molar-refractivity contribution in [2.24, 2.45) is 5.92 Å². The molecule has 4 nitrogen and oxygen atoms in total. The van der Waals surface area contributed by atoms with E-state index in [0.717, 1.165) is 30.6 Å². The number of hydrogen-bond donors (Lipinski definition) is 1. The van der Waals surface area contributed by atoms with Gasteiger partial charge < -0.3 is 10.2 Å². The van der Waals surface area contributed by atoms with Gasteiger partial charge in [0.05, 0.1) is 4.88 Å². The molecule has 5 heteroatoms. The van der Waals surface area contributed by atoms with Crippen molar-refractivity contribution in [1.82, 2.24) is 10.2 Å². The smallest absolute Gasteiger partial charge is 0.263 e. The molecule has 1 saturated heterocycles. The van der Waals surface area contributed by atoms with E-state index in [-0.39, 0.29) is 17.7 Å². The molecule has 0 bridgehead atoms. The lowest BCUT2D eigenvalue weighted by Gasteiger charge is -2.31.